The summed E-state index contributed by atoms with van der Waals surface area (Å²) in [6, 6.07) is 13.4. The molecule has 0 aliphatic heterocycles. The van der Waals surface area contributed by atoms with E-state index < -0.39 is 6.04 Å². The summed E-state index contributed by atoms with van der Waals surface area (Å²) >= 11 is 0. The molecule has 1 heterocycles. The molecular weight excluding hydrogens is 356 g/mol. The lowest BCUT2D eigenvalue weighted by atomic mass is 10.0. The monoisotopic (exact) mass is 376 g/mol. The van der Waals surface area contributed by atoms with E-state index in [1.54, 1.807) is 50.7 Å². The third-order valence-electron chi connectivity index (χ3n) is 4.38. The lowest BCUT2D eigenvalue weighted by Crippen LogP contribution is -2.31. The minimum absolute atomic E-state index is 0.278. The van der Waals surface area contributed by atoms with Crippen LogP contribution < -0.4 is 14.8 Å². The van der Waals surface area contributed by atoms with Gasteiger partial charge >= 0.3 is 0 Å². The van der Waals surface area contributed by atoms with Crippen LogP contribution in [0.1, 0.15) is 33.4 Å². The second-order valence-electron chi connectivity index (χ2n) is 6.14. The van der Waals surface area contributed by atoms with Gasteiger partial charge in [-0.3, -0.25) is 4.79 Å². The van der Waals surface area contributed by atoms with Crippen molar-refractivity contribution in [3.8, 4) is 17.6 Å². The van der Waals surface area contributed by atoms with E-state index in [1.165, 1.54) is 0 Å². The summed E-state index contributed by atoms with van der Waals surface area (Å²) in [6.07, 6.45) is 3.49. The van der Waals surface area contributed by atoms with Gasteiger partial charge in [-0.2, -0.15) is 5.26 Å². The Labute approximate surface area is 163 Å². The summed E-state index contributed by atoms with van der Waals surface area (Å²) in [7, 11) is 5.01. The van der Waals surface area contributed by atoms with Crippen molar-refractivity contribution in [3.63, 3.8) is 0 Å². The second kappa shape index (κ2) is 8.27. The molecule has 3 aromatic rings. The number of hydrogen-bond donors (Lipinski definition) is 1. The fourth-order valence-electron chi connectivity index (χ4n) is 2.86. The van der Waals surface area contributed by atoms with Gasteiger partial charge in [0.05, 0.1) is 25.9 Å². The Morgan fingerprint density at radius 2 is 1.79 bits per heavy atom. The van der Waals surface area contributed by atoms with E-state index in [1.807, 2.05) is 36.0 Å². The number of aryl methyl sites for hydroxylation is 1. The molecule has 1 N–H and O–H groups in total. The van der Waals surface area contributed by atoms with Crippen LogP contribution in [0.2, 0.25) is 0 Å². The van der Waals surface area contributed by atoms with Crippen LogP contribution in [0.25, 0.3) is 0 Å². The number of methoxy groups -OCH3 is 2. The smallest absolute Gasteiger partial charge is 0.252 e. The molecule has 0 saturated carbocycles. The molecule has 7 nitrogen and oxygen atoms in total. The number of hydrogen-bond acceptors (Lipinski definition) is 5. The molecule has 28 heavy (non-hydrogen) atoms. The number of nitrogens with one attached hydrogen (secondary N) is 1. The Hall–Kier alpha value is -3.79. The zero-order valence-corrected chi connectivity index (χ0v) is 15.8. The molecule has 0 unspecified atom stereocenters. The van der Waals surface area contributed by atoms with Crippen molar-refractivity contribution >= 4 is 5.91 Å². The minimum atomic E-state index is -0.521. The number of amides is 1. The number of aromatic nitrogens is 2. The Bertz CT molecular complexity index is 997. The summed E-state index contributed by atoms with van der Waals surface area (Å²) < 4.78 is 12.6. The van der Waals surface area contributed by atoms with Crippen LogP contribution in [0.15, 0.2) is 54.9 Å². The average Bonchev–Trinajstić information content (AvgIpc) is 3.16. The number of imidazole rings is 1. The summed E-state index contributed by atoms with van der Waals surface area (Å²) in [5.41, 5.74) is 1.72. The molecule has 2 aromatic carbocycles. The SMILES string of the molecule is COc1cc(OC)cc([C@@H](NC(=O)c2ccc(C#N)cc2)c2nccn2C)c1. The van der Waals surface area contributed by atoms with Gasteiger partial charge in [-0.05, 0) is 42.0 Å². The molecule has 0 bridgehead atoms. The molecule has 0 aliphatic carbocycles. The summed E-state index contributed by atoms with van der Waals surface area (Å²) in [6.45, 7) is 0. The van der Waals surface area contributed by atoms with Gasteiger partial charge < -0.3 is 19.4 Å². The molecule has 1 amide bonds. The number of carbonyl (C=O) groups is 1. The van der Waals surface area contributed by atoms with E-state index in [0.717, 1.165) is 5.56 Å². The van der Waals surface area contributed by atoms with E-state index in [0.29, 0.717) is 28.5 Å². The van der Waals surface area contributed by atoms with Crippen LogP contribution in [0.3, 0.4) is 0 Å². The Kier molecular flexibility index (Phi) is 5.61. The topological polar surface area (TPSA) is 89.2 Å². The zero-order valence-electron chi connectivity index (χ0n) is 15.8. The highest BCUT2D eigenvalue weighted by molar-refractivity contribution is 5.94. The highest BCUT2D eigenvalue weighted by Crippen LogP contribution is 2.29. The van der Waals surface area contributed by atoms with Gasteiger partial charge in [-0.1, -0.05) is 0 Å². The maximum atomic E-state index is 12.8. The lowest BCUT2D eigenvalue weighted by molar-refractivity contribution is 0.0941. The van der Waals surface area contributed by atoms with Gasteiger partial charge in [0.1, 0.15) is 23.4 Å². The van der Waals surface area contributed by atoms with Crippen molar-refractivity contribution in [2.75, 3.05) is 14.2 Å². The Morgan fingerprint density at radius 1 is 1.14 bits per heavy atom. The number of nitrogens with zero attached hydrogens (tertiary/aromatic N) is 3. The zero-order chi connectivity index (χ0) is 20.1. The molecule has 0 fully saturated rings. The molecule has 142 valence electrons. The molecule has 0 radical (unpaired) electrons. The summed E-state index contributed by atoms with van der Waals surface area (Å²) in [5, 5.41) is 11.9. The normalized spacial score (nSPS) is 11.4. The highest BCUT2D eigenvalue weighted by atomic mass is 16.5. The van der Waals surface area contributed by atoms with E-state index in [9.17, 15) is 4.79 Å². The van der Waals surface area contributed by atoms with Crippen molar-refractivity contribution in [3.05, 3.63) is 77.4 Å². The largest absolute Gasteiger partial charge is 0.497 e. The van der Waals surface area contributed by atoms with Crippen molar-refractivity contribution in [2.24, 2.45) is 7.05 Å². The van der Waals surface area contributed by atoms with E-state index in [-0.39, 0.29) is 5.91 Å². The number of ether oxygens (including phenoxy) is 2. The standard InChI is InChI=1S/C21H20N4O3/c1-25-9-8-23-20(25)19(16-10-17(27-2)12-18(11-16)28-3)24-21(26)15-6-4-14(13-22)5-7-15/h4-12,19H,1-3H3,(H,24,26)/t19-/m1/s1. The molecule has 0 saturated heterocycles. The number of benzene rings is 2. The first kappa shape index (κ1) is 19.0. The van der Waals surface area contributed by atoms with Crippen molar-refractivity contribution in [1.29, 1.82) is 5.26 Å². The predicted octanol–water partition coefficient (Wildman–Crippen LogP) is 2.83. The summed E-state index contributed by atoms with van der Waals surface area (Å²) in [4.78, 5) is 17.3. The van der Waals surface area contributed by atoms with Crippen LogP contribution in [-0.2, 0) is 7.05 Å². The van der Waals surface area contributed by atoms with E-state index >= 15 is 0 Å². The van der Waals surface area contributed by atoms with E-state index in [4.69, 9.17) is 14.7 Å². The predicted molar refractivity (Wildman–Crippen MR) is 103 cm³/mol. The average molecular weight is 376 g/mol. The van der Waals surface area contributed by atoms with Crippen molar-refractivity contribution in [1.82, 2.24) is 14.9 Å². The van der Waals surface area contributed by atoms with Crippen LogP contribution in [0, 0.1) is 11.3 Å². The van der Waals surface area contributed by atoms with Gasteiger partial charge in [-0.25, -0.2) is 4.98 Å². The van der Waals surface area contributed by atoms with Gasteiger partial charge in [0.25, 0.3) is 5.91 Å². The molecule has 3 rings (SSSR count). The van der Waals surface area contributed by atoms with Crippen LogP contribution >= 0.6 is 0 Å². The third-order valence-corrected chi connectivity index (χ3v) is 4.38. The number of carbonyl (C=O) groups excluding carboxylic acids is 1. The molecule has 0 aliphatic rings. The first-order chi connectivity index (χ1) is 13.5. The van der Waals surface area contributed by atoms with Crippen LogP contribution in [0.4, 0.5) is 0 Å². The molecule has 7 heteroatoms. The fourth-order valence-corrected chi connectivity index (χ4v) is 2.86. The first-order valence-corrected chi connectivity index (χ1v) is 8.57. The van der Waals surface area contributed by atoms with Crippen LogP contribution in [0.5, 0.6) is 11.5 Å². The van der Waals surface area contributed by atoms with Crippen LogP contribution in [-0.4, -0.2) is 29.7 Å². The Balaban J connectivity index is 2.00. The minimum Gasteiger partial charge on any atom is -0.497 e. The number of rotatable bonds is 6. The maximum absolute atomic E-state index is 12.8. The first-order valence-electron chi connectivity index (χ1n) is 8.57. The maximum Gasteiger partial charge on any atom is 0.252 e. The van der Waals surface area contributed by atoms with Gasteiger partial charge in [0.2, 0.25) is 0 Å². The highest BCUT2D eigenvalue weighted by Gasteiger charge is 2.23. The molecular formula is C21H20N4O3. The van der Waals surface area contributed by atoms with Crippen molar-refractivity contribution in [2.45, 2.75) is 6.04 Å². The molecule has 1 aromatic heterocycles. The lowest BCUT2D eigenvalue weighted by Gasteiger charge is -2.20. The van der Waals surface area contributed by atoms with E-state index in [2.05, 4.69) is 10.3 Å². The van der Waals surface area contributed by atoms with Gasteiger partial charge in [0, 0.05) is 31.1 Å². The fraction of sp³-hybridized carbons (Fsp3) is 0.190. The molecule has 1 atom stereocenters. The number of nitriles is 1. The van der Waals surface area contributed by atoms with Gasteiger partial charge in [0.15, 0.2) is 0 Å². The molecule has 0 spiro atoms. The van der Waals surface area contributed by atoms with Crippen molar-refractivity contribution < 1.29 is 14.3 Å². The Morgan fingerprint density at radius 3 is 2.29 bits per heavy atom. The summed E-state index contributed by atoms with van der Waals surface area (Å²) in [5.74, 6) is 1.61. The quantitative estimate of drug-likeness (QED) is 0.715. The second-order valence-corrected chi connectivity index (χ2v) is 6.14. The third kappa shape index (κ3) is 3.96. The van der Waals surface area contributed by atoms with Gasteiger partial charge in [-0.15, -0.1) is 0 Å².